The van der Waals surface area contributed by atoms with Gasteiger partial charge in [0, 0.05) is 12.3 Å². The number of ketones is 1. The minimum atomic E-state index is 0.250. The van der Waals surface area contributed by atoms with Gasteiger partial charge in [0.05, 0.1) is 0 Å². The highest BCUT2D eigenvalue weighted by atomic mass is 16.1. The van der Waals surface area contributed by atoms with Crippen molar-refractivity contribution in [3.8, 4) is 0 Å². The number of hydrogen-bond donors (Lipinski definition) is 0. The van der Waals surface area contributed by atoms with Gasteiger partial charge in [0.15, 0.2) is 0 Å². The number of carbonyl (C=O) groups is 1. The summed E-state index contributed by atoms with van der Waals surface area (Å²) >= 11 is 0. The Balaban J connectivity index is 2.48. The lowest BCUT2D eigenvalue weighted by molar-refractivity contribution is -0.119. The molecule has 0 N–H and O–H groups in total. The van der Waals surface area contributed by atoms with E-state index in [1.807, 2.05) is 6.92 Å². The van der Waals surface area contributed by atoms with Crippen LogP contribution in [0, 0.1) is 12.3 Å². The van der Waals surface area contributed by atoms with Gasteiger partial charge in [0.2, 0.25) is 0 Å². The van der Waals surface area contributed by atoms with Gasteiger partial charge in [-0.1, -0.05) is 6.92 Å². The van der Waals surface area contributed by atoms with Crippen LogP contribution in [0.2, 0.25) is 0 Å². The van der Waals surface area contributed by atoms with Crippen LogP contribution in [-0.2, 0) is 4.79 Å². The second-order valence-corrected chi connectivity index (χ2v) is 2.03. The smallest absolute Gasteiger partial charge is 0.135 e. The molecule has 0 heterocycles. The largest absolute Gasteiger partial charge is 0.299 e. The van der Waals surface area contributed by atoms with E-state index in [0.29, 0.717) is 5.78 Å². The SMILES string of the molecule is CC1[CH]CCC1=O. The molecule has 7 heavy (non-hydrogen) atoms. The maximum Gasteiger partial charge on any atom is 0.135 e. The van der Waals surface area contributed by atoms with E-state index in [0.717, 1.165) is 12.8 Å². The van der Waals surface area contributed by atoms with E-state index in [1.54, 1.807) is 0 Å². The molecule has 1 fully saturated rings. The van der Waals surface area contributed by atoms with E-state index >= 15 is 0 Å². The molecule has 0 aromatic carbocycles. The lowest BCUT2D eigenvalue weighted by Gasteiger charge is -1.90. The highest BCUT2D eigenvalue weighted by Gasteiger charge is 2.18. The minimum absolute atomic E-state index is 0.250. The van der Waals surface area contributed by atoms with Gasteiger partial charge in [-0.15, -0.1) is 0 Å². The first-order chi connectivity index (χ1) is 3.30. The normalized spacial score (nSPS) is 31.6. The minimum Gasteiger partial charge on any atom is -0.299 e. The molecule has 1 aliphatic carbocycles. The summed E-state index contributed by atoms with van der Waals surface area (Å²) < 4.78 is 0. The molecule has 0 bridgehead atoms. The number of carbonyl (C=O) groups excluding carboxylic acids is 1. The molecule has 1 radical (unpaired) electrons. The Morgan fingerprint density at radius 2 is 2.57 bits per heavy atom. The average molecular weight is 97.1 g/mol. The molecule has 1 rings (SSSR count). The first-order valence-electron chi connectivity index (χ1n) is 2.67. The topological polar surface area (TPSA) is 17.1 Å². The molecule has 1 nitrogen and oxygen atoms in total. The van der Waals surface area contributed by atoms with Crippen LogP contribution in [0.1, 0.15) is 19.8 Å². The zero-order valence-electron chi connectivity index (χ0n) is 4.48. The maximum absolute atomic E-state index is 10.5. The molecule has 0 aromatic rings. The fourth-order valence-corrected chi connectivity index (χ4v) is 0.835. The van der Waals surface area contributed by atoms with Crippen LogP contribution < -0.4 is 0 Å². The quantitative estimate of drug-likeness (QED) is 0.443. The van der Waals surface area contributed by atoms with E-state index < -0.39 is 0 Å². The van der Waals surface area contributed by atoms with Crippen LogP contribution in [0.15, 0.2) is 0 Å². The Kier molecular flexibility index (Phi) is 1.13. The Labute approximate surface area is 43.7 Å². The Hall–Kier alpha value is -0.330. The molecule has 1 heteroatoms. The van der Waals surface area contributed by atoms with Crippen LogP contribution in [-0.4, -0.2) is 5.78 Å². The third-order valence-electron chi connectivity index (χ3n) is 1.42. The number of Topliss-reactive ketones (excluding diaryl/α,β-unsaturated/α-hetero) is 1. The van der Waals surface area contributed by atoms with Gasteiger partial charge < -0.3 is 0 Å². The summed E-state index contributed by atoms with van der Waals surface area (Å²) in [5.74, 6) is 0.653. The van der Waals surface area contributed by atoms with Crippen LogP contribution in [0.4, 0.5) is 0 Å². The molecule has 0 saturated heterocycles. The number of hydrogen-bond acceptors (Lipinski definition) is 1. The molecular formula is C6H9O. The molecule has 0 aliphatic heterocycles. The van der Waals surface area contributed by atoms with Gasteiger partial charge in [0.25, 0.3) is 0 Å². The second kappa shape index (κ2) is 1.65. The third kappa shape index (κ3) is 0.817. The van der Waals surface area contributed by atoms with Crippen molar-refractivity contribution in [2.24, 2.45) is 5.92 Å². The fourth-order valence-electron chi connectivity index (χ4n) is 0.835. The zero-order chi connectivity index (χ0) is 5.28. The zero-order valence-corrected chi connectivity index (χ0v) is 4.48. The van der Waals surface area contributed by atoms with Gasteiger partial charge in [-0.2, -0.15) is 0 Å². The predicted molar refractivity (Wildman–Crippen MR) is 27.7 cm³/mol. The lowest BCUT2D eigenvalue weighted by atomic mass is 10.1. The van der Waals surface area contributed by atoms with E-state index in [-0.39, 0.29) is 5.92 Å². The Bertz CT molecular complexity index is 86.2. The predicted octanol–water partition coefficient (Wildman–Crippen LogP) is 1.19. The van der Waals surface area contributed by atoms with E-state index in [2.05, 4.69) is 6.42 Å². The van der Waals surface area contributed by atoms with Crippen LogP contribution in [0.5, 0.6) is 0 Å². The van der Waals surface area contributed by atoms with Crippen molar-refractivity contribution in [3.63, 3.8) is 0 Å². The summed E-state index contributed by atoms with van der Waals surface area (Å²) in [4.78, 5) is 10.5. The van der Waals surface area contributed by atoms with E-state index in [1.165, 1.54) is 0 Å². The monoisotopic (exact) mass is 97.1 g/mol. The van der Waals surface area contributed by atoms with Crippen molar-refractivity contribution in [2.45, 2.75) is 19.8 Å². The highest BCUT2D eigenvalue weighted by Crippen LogP contribution is 2.18. The fraction of sp³-hybridized carbons (Fsp3) is 0.667. The molecular weight excluding hydrogens is 88.1 g/mol. The standard InChI is InChI=1S/C6H9O/c1-5-3-2-4-6(5)7/h3,5H,2,4H2,1H3. The van der Waals surface area contributed by atoms with Gasteiger partial charge in [-0.3, -0.25) is 4.79 Å². The summed E-state index contributed by atoms with van der Waals surface area (Å²) in [6.07, 6.45) is 3.85. The van der Waals surface area contributed by atoms with Crippen LogP contribution in [0.25, 0.3) is 0 Å². The van der Waals surface area contributed by atoms with Crippen molar-refractivity contribution in [1.29, 1.82) is 0 Å². The third-order valence-corrected chi connectivity index (χ3v) is 1.42. The lowest BCUT2D eigenvalue weighted by Crippen LogP contribution is -1.99. The first kappa shape index (κ1) is 4.82. The van der Waals surface area contributed by atoms with Crippen molar-refractivity contribution >= 4 is 5.78 Å². The van der Waals surface area contributed by atoms with Crippen LogP contribution >= 0.6 is 0 Å². The van der Waals surface area contributed by atoms with Gasteiger partial charge in [0.1, 0.15) is 5.78 Å². The molecule has 1 aliphatic rings. The van der Waals surface area contributed by atoms with Gasteiger partial charge >= 0.3 is 0 Å². The summed E-state index contributed by atoms with van der Waals surface area (Å²) in [7, 11) is 0. The summed E-state index contributed by atoms with van der Waals surface area (Å²) in [6, 6.07) is 0. The Morgan fingerprint density at radius 1 is 1.86 bits per heavy atom. The van der Waals surface area contributed by atoms with Gasteiger partial charge in [-0.25, -0.2) is 0 Å². The Morgan fingerprint density at radius 3 is 2.71 bits per heavy atom. The summed E-state index contributed by atoms with van der Waals surface area (Å²) in [6.45, 7) is 1.95. The maximum atomic E-state index is 10.5. The average Bonchev–Trinajstić information content (AvgIpc) is 1.91. The van der Waals surface area contributed by atoms with Crippen LogP contribution in [0.3, 0.4) is 0 Å². The second-order valence-electron chi connectivity index (χ2n) is 2.03. The van der Waals surface area contributed by atoms with E-state index in [9.17, 15) is 4.79 Å². The molecule has 0 aromatic heterocycles. The van der Waals surface area contributed by atoms with Crippen molar-refractivity contribution in [2.75, 3.05) is 0 Å². The molecule has 1 unspecified atom stereocenters. The first-order valence-corrected chi connectivity index (χ1v) is 2.67. The van der Waals surface area contributed by atoms with Crippen molar-refractivity contribution in [3.05, 3.63) is 6.42 Å². The molecule has 0 amide bonds. The highest BCUT2D eigenvalue weighted by molar-refractivity contribution is 5.84. The molecule has 0 spiro atoms. The van der Waals surface area contributed by atoms with Crippen molar-refractivity contribution in [1.82, 2.24) is 0 Å². The molecule has 39 valence electrons. The van der Waals surface area contributed by atoms with Gasteiger partial charge in [-0.05, 0) is 12.8 Å². The summed E-state index contributed by atoms with van der Waals surface area (Å²) in [5.41, 5.74) is 0. The molecule has 1 atom stereocenters. The number of rotatable bonds is 0. The summed E-state index contributed by atoms with van der Waals surface area (Å²) in [5, 5.41) is 0. The molecule has 1 saturated carbocycles. The van der Waals surface area contributed by atoms with Crippen molar-refractivity contribution < 1.29 is 4.79 Å². The van der Waals surface area contributed by atoms with E-state index in [4.69, 9.17) is 0 Å².